The lowest BCUT2D eigenvalue weighted by Gasteiger charge is -2.07. The Morgan fingerprint density at radius 3 is 3.00 bits per heavy atom. The summed E-state index contributed by atoms with van der Waals surface area (Å²) >= 11 is 0. The van der Waals surface area contributed by atoms with Crippen LogP contribution in [-0.4, -0.2) is 19.2 Å². The van der Waals surface area contributed by atoms with E-state index < -0.39 is 0 Å². The number of nitrogens with two attached hydrogens (primary N) is 1. The molecule has 0 bridgehead atoms. The molecule has 2 N–H and O–H groups in total. The van der Waals surface area contributed by atoms with Gasteiger partial charge in [0.25, 0.3) is 0 Å². The number of fused-ring (bicyclic) bond motifs is 1. The first kappa shape index (κ1) is 11.5. The van der Waals surface area contributed by atoms with Crippen LogP contribution in [0.25, 0.3) is 5.65 Å². The van der Waals surface area contributed by atoms with Gasteiger partial charge in [0.1, 0.15) is 0 Å². The van der Waals surface area contributed by atoms with Gasteiger partial charge >= 0.3 is 5.69 Å². The highest BCUT2D eigenvalue weighted by Crippen LogP contribution is 2.15. The van der Waals surface area contributed by atoms with Crippen molar-refractivity contribution in [3.63, 3.8) is 0 Å². The third kappa shape index (κ3) is 1.87. The number of rotatable bonds is 2. The van der Waals surface area contributed by atoms with Crippen LogP contribution in [0.3, 0.4) is 0 Å². The largest absolute Gasteiger partial charge is 0.399 e. The Hall–Kier alpha value is -2.63. The van der Waals surface area contributed by atoms with Crippen molar-refractivity contribution in [3.8, 4) is 0 Å². The van der Waals surface area contributed by atoms with Crippen molar-refractivity contribution < 1.29 is 0 Å². The molecule has 0 aliphatic heterocycles. The molecule has 0 unspecified atom stereocenters. The molecule has 0 aliphatic carbocycles. The zero-order valence-corrected chi connectivity index (χ0v) is 10.4. The summed E-state index contributed by atoms with van der Waals surface area (Å²) in [5.41, 5.74) is 8.90. The van der Waals surface area contributed by atoms with Crippen molar-refractivity contribution in [1.82, 2.24) is 19.2 Å². The van der Waals surface area contributed by atoms with Crippen molar-refractivity contribution in [2.45, 2.75) is 13.5 Å². The molecule has 0 fully saturated rings. The third-order valence-electron chi connectivity index (χ3n) is 3.20. The van der Waals surface area contributed by atoms with E-state index in [4.69, 9.17) is 5.73 Å². The minimum Gasteiger partial charge on any atom is -0.399 e. The minimum atomic E-state index is -0.181. The second-order valence-corrected chi connectivity index (χ2v) is 4.38. The van der Waals surface area contributed by atoms with E-state index in [1.807, 2.05) is 25.1 Å². The maximum atomic E-state index is 12.1. The number of aromatic nitrogens is 4. The molecule has 0 radical (unpaired) electrons. The molecule has 6 heteroatoms. The molecule has 0 amide bonds. The number of anilines is 1. The van der Waals surface area contributed by atoms with Gasteiger partial charge in [-0.25, -0.2) is 13.9 Å². The van der Waals surface area contributed by atoms with E-state index in [-0.39, 0.29) is 5.69 Å². The third-order valence-corrected chi connectivity index (χ3v) is 3.20. The Balaban J connectivity index is 2.09. The van der Waals surface area contributed by atoms with E-state index >= 15 is 0 Å². The molecule has 2 heterocycles. The van der Waals surface area contributed by atoms with Gasteiger partial charge in [-0.15, -0.1) is 5.10 Å². The van der Waals surface area contributed by atoms with Crippen molar-refractivity contribution >= 4 is 11.3 Å². The zero-order valence-electron chi connectivity index (χ0n) is 10.4. The van der Waals surface area contributed by atoms with Crippen molar-refractivity contribution in [3.05, 3.63) is 58.4 Å². The van der Waals surface area contributed by atoms with E-state index in [0.29, 0.717) is 12.2 Å². The molecular formula is C13H13N5O. The fourth-order valence-electron chi connectivity index (χ4n) is 2.02. The maximum Gasteiger partial charge on any atom is 0.350 e. The summed E-state index contributed by atoms with van der Waals surface area (Å²) in [6, 6.07) is 5.66. The van der Waals surface area contributed by atoms with Crippen LogP contribution in [0.15, 0.2) is 41.6 Å². The SMILES string of the molecule is Cc1c(N)cccc1Cn1nc2cnccn2c1=O. The molecule has 0 spiro atoms. The van der Waals surface area contributed by atoms with Crippen LogP contribution < -0.4 is 11.4 Å². The summed E-state index contributed by atoms with van der Waals surface area (Å²) in [5, 5.41) is 4.24. The van der Waals surface area contributed by atoms with Gasteiger partial charge in [0.2, 0.25) is 0 Å². The van der Waals surface area contributed by atoms with Crippen LogP contribution in [0.1, 0.15) is 11.1 Å². The lowest BCUT2D eigenvalue weighted by atomic mass is 10.1. The fraction of sp³-hybridized carbons (Fsp3) is 0.154. The number of benzene rings is 1. The Morgan fingerprint density at radius 2 is 2.21 bits per heavy atom. The number of hydrogen-bond acceptors (Lipinski definition) is 4. The van der Waals surface area contributed by atoms with Crippen LogP contribution in [-0.2, 0) is 6.54 Å². The monoisotopic (exact) mass is 255 g/mol. The van der Waals surface area contributed by atoms with Gasteiger partial charge in [0, 0.05) is 18.1 Å². The lowest BCUT2D eigenvalue weighted by Crippen LogP contribution is -2.22. The van der Waals surface area contributed by atoms with Gasteiger partial charge in [-0.3, -0.25) is 4.98 Å². The molecule has 96 valence electrons. The van der Waals surface area contributed by atoms with Gasteiger partial charge in [-0.2, -0.15) is 0 Å². The molecule has 0 aliphatic rings. The highest BCUT2D eigenvalue weighted by Gasteiger charge is 2.09. The topological polar surface area (TPSA) is 78.2 Å². The predicted molar refractivity (Wildman–Crippen MR) is 71.9 cm³/mol. The molecular weight excluding hydrogens is 242 g/mol. The van der Waals surface area contributed by atoms with Crippen molar-refractivity contribution in [2.75, 3.05) is 5.73 Å². The van der Waals surface area contributed by atoms with Gasteiger partial charge < -0.3 is 5.73 Å². The first-order valence-electron chi connectivity index (χ1n) is 5.90. The standard InChI is InChI=1S/C13H13N5O/c1-9-10(3-2-4-11(9)14)8-18-13(19)17-6-5-15-7-12(17)16-18/h2-7H,8,14H2,1H3. The molecule has 2 aromatic heterocycles. The second-order valence-electron chi connectivity index (χ2n) is 4.38. The quantitative estimate of drug-likeness (QED) is 0.688. The molecule has 0 saturated carbocycles. The predicted octanol–water partition coefficient (Wildman–Crippen LogP) is 0.830. The first-order chi connectivity index (χ1) is 9.16. The summed E-state index contributed by atoms with van der Waals surface area (Å²) in [6.45, 7) is 2.34. The van der Waals surface area contributed by atoms with Crippen LogP contribution in [0, 0.1) is 6.92 Å². The Labute approximate surface area is 109 Å². The van der Waals surface area contributed by atoms with E-state index in [9.17, 15) is 4.79 Å². The van der Waals surface area contributed by atoms with Gasteiger partial charge in [-0.1, -0.05) is 12.1 Å². The van der Waals surface area contributed by atoms with Crippen LogP contribution >= 0.6 is 0 Å². The summed E-state index contributed by atoms with van der Waals surface area (Å²) in [5.74, 6) is 0. The summed E-state index contributed by atoms with van der Waals surface area (Å²) in [7, 11) is 0. The summed E-state index contributed by atoms with van der Waals surface area (Å²) in [6.07, 6.45) is 4.73. The molecule has 1 aromatic carbocycles. The van der Waals surface area contributed by atoms with Crippen LogP contribution in [0.5, 0.6) is 0 Å². The minimum absolute atomic E-state index is 0.181. The molecule has 0 saturated heterocycles. The second kappa shape index (κ2) is 4.24. The Kier molecular flexibility index (Phi) is 2.56. The lowest BCUT2D eigenvalue weighted by molar-refractivity contribution is 0.656. The summed E-state index contributed by atoms with van der Waals surface area (Å²) < 4.78 is 2.88. The van der Waals surface area contributed by atoms with Crippen LogP contribution in [0.4, 0.5) is 5.69 Å². The summed E-state index contributed by atoms with van der Waals surface area (Å²) in [4.78, 5) is 16.1. The van der Waals surface area contributed by atoms with E-state index in [1.54, 1.807) is 18.6 Å². The highest BCUT2D eigenvalue weighted by atomic mass is 16.2. The van der Waals surface area contributed by atoms with E-state index in [1.165, 1.54) is 9.08 Å². The maximum absolute atomic E-state index is 12.1. The Morgan fingerprint density at radius 1 is 1.37 bits per heavy atom. The fourth-order valence-corrected chi connectivity index (χ4v) is 2.02. The van der Waals surface area contributed by atoms with Gasteiger partial charge in [0.05, 0.1) is 12.7 Å². The van der Waals surface area contributed by atoms with E-state index in [0.717, 1.165) is 16.8 Å². The average Bonchev–Trinajstić information content (AvgIpc) is 2.73. The van der Waals surface area contributed by atoms with E-state index in [2.05, 4.69) is 10.1 Å². The van der Waals surface area contributed by atoms with Gasteiger partial charge in [0.15, 0.2) is 5.65 Å². The normalized spacial score (nSPS) is 11.0. The van der Waals surface area contributed by atoms with Gasteiger partial charge in [-0.05, 0) is 24.1 Å². The molecule has 3 aromatic rings. The average molecular weight is 255 g/mol. The Bertz CT molecular complexity index is 802. The van der Waals surface area contributed by atoms with Crippen LogP contribution in [0.2, 0.25) is 0 Å². The smallest absolute Gasteiger partial charge is 0.350 e. The molecule has 6 nitrogen and oxygen atoms in total. The molecule has 3 rings (SSSR count). The highest BCUT2D eigenvalue weighted by molar-refractivity contribution is 5.50. The van der Waals surface area contributed by atoms with Crippen molar-refractivity contribution in [2.24, 2.45) is 0 Å². The van der Waals surface area contributed by atoms with Crippen molar-refractivity contribution in [1.29, 1.82) is 0 Å². The molecule has 0 atom stereocenters. The first-order valence-corrected chi connectivity index (χ1v) is 5.90. The number of nitrogens with zero attached hydrogens (tertiary/aromatic N) is 4. The number of nitrogen functional groups attached to an aromatic ring is 1. The number of hydrogen-bond donors (Lipinski definition) is 1. The molecule has 19 heavy (non-hydrogen) atoms. The zero-order chi connectivity index (χ0) is 13.4.